The second-order valence-corrected chi connectivity index (χ2v) is 10.9. The molecule has 2 unspecified atom stereocenters. The van der Waals surface area contributed by atoms with Gasteiger partial charge in [-0.05, 0) is 38.8 Å². The van der Waals surface area contributed by atoms with Crippen molar-refractivity contribution in [1.29, 1.82) is 0 Å². The third-order valence-electron chi connectivity index (χ3n) is 5.17. The molecule has 14 heteroatoms. The monoisotopic (exact) mass is 541 g/mol. The van der Waals surface area contributed by atoms with Crippen LogP contribution in [-0.2, 0) is 41.5 Å². The summed E-state index contributed by atoms with van der Waals surface area (Å²) in [4.78, 5) is 14.2. The molecule has 3 rings (SSSR count). The van der Waals surface area contributed by atoms with Crippen LogP contribution in [-0.4, -0.2) is 47.1 Å². The van der Waals surface area contributed by atoms with Gasteiger partial charge in [0, 0.05) is 31.6 Å². The van der Waals surface area contributed by atoms with Crippen molar-refractivity contribution in [2.24, 2.45) is 0 Å². The standard InChI is InChI=1S/C20H23F6N5O2S.C2H6/c1-19(2,3)34(33)29-12(6-11-7-14(22)15(23)9-13(11)21)8-17(32)30-4-5-31-16(10-30)27-28-18(31)20(24,25)26;1-2/h7,9,12,29H,4-6,8,10H2,1-3H3;1-2H3. The first-order valence-electron chi connectivity index (χ1n) is 11.3. The molecular formula is C22H29F6N5O2S. The van der Waals surface area contributed by atoms with Gasteiger partial charge in [0.2, 0.25) is 11.7 Å². The summed E-state index contributed by atoms with van der Waals surface area (Å²) in [5.41, 5.74) is -0.219. The van der Waals surface area contributed by atoms with Crippen molar-refractivity contribution in [3.8, 4) is 0 Å². The van der Waals surface area contributed by atoms with Crippen LogP contribution >= 0.6 is 0 Å². The number of halogens is 6. The lowest BCUT2D eigenvalue weighted by molar-refractivity contribution is -0.148. The maximum absolute atomic E-state index is 14.2. The van der Waals surface area contributed by atoms with E-state index < -0.39 is 57.1 Å². The maximum Gasteiger partial charge on any atom is 0.451 e. The second kappa shape index (κ2) is 11.7. The molecule has 7 nitrogen and oxygen atoms in total. The summed E-state index contributed by atoms with van der Waals surface area (Å²) in [6.07, 6.45) is -5.28. The van der Waals surface area contributed by atoms with E-state index in [0.717, 1.165) is 4.57 Å². The molecule has 2 aromatic rings. The molecular weight excluding hydrogens is 512 g/mol. The predicted octanol–water partition coefficient (Wildman–Crippen LogP) is 4.14. The number of alkyl halides is 3. The fourth-order valence-electron chi connectivity index (χ4n) is 3.39. The lowest BCUT2D eigenvalue weighted by Crippen LogP contribution is -2.46. The summed E-state index contributed by atoms with van der Waals surface area (Å²) < 4.78 is 95.7. The average Bonchev–Trinajstić information content (AvgIpc) is 3.22. The molecule has 1 aromatic heterocycles. The van der Waals surface area contributed by atoms with Gasteiger partial charge in [0.1, 0.15) is 5.82 Å². The van der Waals surface area contributed by atoms with Crippen LogP contribution in [0.3, 0.4) is 0 Å². The Bertz CT molecular complexity index is 1100. The van der Waals surface area contributed by atoms with Crippen molar-refractivity contribution in [2.75, 3.05) is 6.54 Å². The van der Waals surface area contributed by atoms with Crippen molar-refractivity contribution in [3.05, 3.63) is 46.8 Å². The number of carbonyl (C=O) groups is 1. The van der Waals surface area contributed by atoms with E-state index in [0.29, 0.717) is 12.1 Å². The zero-order valence-corrected chi connectivity index (χ0v) is 21.4. The largest absolute Gasteiger partial charge is 0.451 e. The van der Waals surface area contributed by atoms with Crippen LogP contribution in [0.4, 0.5) is 26.3 Å². The lowest BCUT2D eigenvalue weighted by Gasteiger charge is -2.30. The van der Waals surface area contributed by atoms with Gasteiger partial charge in [-0.1, -0.05) is 13.8 Å². The highest BCUT2D eigenvalue weighted by Crippen LogP contribution is 2.29. The highest BCUT2D eigenvalue weighted by Gasteiger charge is 2.40. The van der Waals surface area contributed by atoms with Crippen LogP contribution in [0.1, 0.15) is 58.3 Å². The van der Waals surface area contributed by atoms with E-state index in [1.807, 2.05) is 13.8 Å². The van der Waals surface area contributed by atoms with Crippen LogP contribution < -0.4 is 4.72 Å². The quantitative estimate of drug-likeness (QED) is 0.441. The number of hydrogen-bond acceptors (Lipinski definition) is 4. The summed E-state index contributed by atoms with van der Waals surface area (Å²) in [6, 6.07) is 0.128. The van der Waals surface area contributed by atoms with E-state index >= 15 is 0 Å². The van der Waals surface area contributed by atoms with Gasteiger partial charge in [-0.2, -0.15) is 13.2 Å². The van der Waals surface area contributed by atoms with E-state index in [1.54, 1.807) is 20.8 Å². The molecule has 0 radical (unpaired) electrons. The van der Waals surface area contributed by atoms with Gasteiger partial charge < -0.3 is 9.47 Å². The fourth-order valence-corrected chi connectivity index (χ4v) is 4.21. The molecule has 0 spiro atoms. The van der Waals surface area contributed by atoms with Crippen molar-refractivity contribution in [1.82, 2.24) is 24.4 Å². The molecule has 1 N–H and O–H groups in total. The van der Waals surface area contributed by atoms with Gasteiger partial charge in [0.25, 0.3) is 0 Å². The third-order valence-corrected chi connectivity index (χ3v) is 6.83. The number of benzene rings is 1. The van der Waals surface area contributed by atoms with Crippen molar-refractivity contribution < 1.29 is 35.3 Å². The van der Waals surface area contributed by atoms with E-state index in [-0.39, 0.29) is 43.9 Å². The molecule has 0 saturated carbocycles. The summed E-state index contributed by atoms with van der Waals surface area (Å²) >= 11 is 0. The van der Waals surface area contributed by atoms with E-state index in [9.17, 15) is 35.3 Å². The molecule has 0 saturated heterocycles. The number of nitrogens with zero attached hydrogens (tertiary/aromatic N) is 4. The Balaban J connectivity index is 0.00000222. The zero-order chi connectivity index (χ0) is 27.4. The maximum atomic E-state index is 14.2. The summed E-state index contributed by atoms with van der Waals surface area (Å²) in [6.45, 7) is 8.55. The predicted molar refractivity (Wildman–Crippen MR) is 121 cm³/mol. The topological polar surface area (TPSA) is 80.1 Å². The number of nitrogens with one attached hydrogen (secondary N) is 1. The molecule has 0 aliphatic carbocycles. The van der Waals surface area contributed by atoms with Crippen LogP contribution in [0, 0.1) is 17.5 Å². The molecule has 2 atom stereocenters. The van der Waals surface area contributed by atoms with E-state index in [2.05, 4.69) is 14.9 Å². The van der Waals surface area contributed by atoms with Crippen LogP contribution in [0.15, 0.2) is 12.1 Å². The number of amides is 1. The Hall–Kier alpha value is -2.48. The van der Waals surface area contributed by atoms with Crippen molar-refractivity contribution >= 4 is 16.9 Å². The number of carbonyl (C=O) groups excluding carboxylic acids is 1. The summed E-state index contributed by atoms with van der Waals surface area (Å²) in [7, 11) is -1.68. The van der Waals surface area contributed by atoms with Gasteiger partial charge in [-0.3, -0.25) is 4.79 Å². The Kier molecular flexibility index (Phi) is 9.68. The summed E-state index contributed by atoms with van der Waals surface area (Å²) in [5, 5.41) is 6.68. The van der Waals surface area contributed by atoms with E-state index in [1.165, 1.54) is 4.90 Å². The minimum absolute atomic E-state index is 0.0404. The number of aromatic nitrogens is 3. The second-order valence-electron chi connectivity index (χ2n) is 8.87. The first kappa shape index (κ1) is 29.7. The van der Waals surface area contributed by atoms with Crippen LogP contribution in [0.2, 0.25) is 0 Å². The normalized spacial score (nSPS) is 15.6. The highest BCUT2D eigenvalue weighted by atomic mass is 32.2. The third kappa shape index (κ3) is 7.28. The molecule has 2 heterocycles. The van der Waals surface area contributed by atoms with Crippen molar-refractivity contribution in [2.45, 2.75) is 77.5 Å². The van der Waals surface area contributed by atoms with Gasteiger partial charge in [-0.25, -0.2) is 22.1 Å². The van der Waals surface area contributed by atoms with Crippen LogP contribution in [0.5, 0.6) is 0 Å². The first-order valence-corrected chi connectivity index (χ1v) is 12.4. The molecule has 1 aromatic carbocycles. The molecule has 202 valence electrons. The minimum atomic E-state index is -4.68. The molecule has 1 amide bonds. The molecule has 36 heavy (non-hydrogen) atoms. The van der Waals surface area contributed by atoms with Gasteiger partial charge in [0.05, 0.1) is 22.3 Å². The van der Waals surface area contributed by atoms with Gasteiger partial charge in [0.15, 0.2) is 17.5 Å². The molecule has 1 aliphatic heterocycles. The molecule has 1 aliphatic rings. The smallest absolute Gasteiger partial charge is 0.333 e. The van der Waals surface area contributed by atoms with Crippen molar-refractivity contribution in [3.63, 3.8) is 0 Å². The van der Waals surface area contributed by atoms with Crippen LogP contribution in [0.25, 0.3) is 0 Å². The Morgan fingerprint density at radius 1 is 1.06 bits per heavy atom. The van der Waals surface area contributed by atoms with E-state index in [4.69, 9.17) is 0 Å². The average molecular weight is 542 g/mol. The Morgan fingerprint density at radius 3 is 2.25 bits per heavy atom. The zero-order valence-electron chi connectivity index (χ0n) is 20.5. The summed E-state index contributed by atoms with van der Waals surface area (Å²) in [5.74, 6) is -5.37. The number of rotatable bonds is 6. The SMILES string of the molecule is CC.CC(C)(C)S(=O)NC(CC(=O)N1CCn2c(nnc2C(F)(F)F)C1)Cc1cc(F)c(F)cc1F. The van der Waals surface area contributed by atoms with Gasteiger partial charge in [-0.15, -0.1) is 10.2 Å². The Morgan fingerprint density at radius 2 is 1.67 bits per heavy atom. The Labute approximate surface area is 207 Å². The number of fused-ring (bicyclic) bond motifs is 1. The fraction of sp³-hybridized carbons (Fsp3) is 0.591. The van der Waals surface area contributed by atoms with Gasteiger partial charge >= 0.3 is 6.18 Å². The number of hydrogen-bond donors (Lipinski definition) is 1. The first-order chi connectivity index (χ1) is 16.7. The highest BCUT2D eigenvalue weighted by molar-refractivity contribution is 7.84. The lowest BCUT2D eigenvalue weighted by atomic mass is 10.0. The molecule has 0 fully saturated rings. The molecule has 0 bridgehead atoms. The minimum Gasteiger partial charge on any atom is -0.333 e.